The minimum Gasteiger partial charge on any atom is -0.319 e. The largest absolute Gasteiger partial charge is 0.323 e. The molecule has 0 saturated heterocycles. The Bertz CT molecular complexity index is 789. The maximum absolute atomic E-state index is 11.3. The van der Waals surface area contributed by atoms with Gasteiger partial charge in [0.15, 0.2) is 0 Å². The van der Waals surface area contributed by atoms with Gasteiger partial charge in [-0.05, 0) is 50.6 Å². The maximum Gasteiger partial charge on any atom is 0.323 e. The van der Waals surface area contributed by atoms with Gasteiger partial charge in [-0.1, -0.05) is 6.07 Å². The Hall–Kier alpha value is -2.43. The third-order valence-corrected chi connectivity index (χ3v) is 3.63. The zero-order chi connectivity index (χ0) is 14.3. The van der Waals surface area contributed by atoms with Crippen molar-refractivity contribution in [3.8, 4) is 0 Å². The SMILES string of the molecule is Cc1ccc(C)n1NC(C)c1ccc2[nH]c(=O)[nH]c2c1. The van der Waals surface area contributed by atoms with Gasteiger partial charge in [0.25, 0.3) is 0 Å². The van der Waals surface area contributed by atoms with Gasteiger partial charge >= 0.3 is 5.69 Å². The van der Waals surface area contributed by atoms with Gasteiger partial charge in [-0.2, -0.15) is 0 Å². The van der Waals surface area contributed by atoms with Crippen LogP contribution in [0.2, 0.25) is 0 Å². The minimum absolute atomic E-state index is 0.141. The van der Waals surface area contributed by atoms with Crippen LogP contribution in [0.25, 0.3) is 11.0 Å². The summed E-state index contributed by atoms with van der Waals surface area (Å²) < 4.78 is 2.08. The Kier molecular flexibility index (Phi) is 2.89. The second-order valence-corrected chi connectivity index (χ2v) is 5.19. The van der Waals surface area contributed by atoms with Gasteiger partial charge in [0.05, 0.1) is 17.1 Å². The van der Waals surface area contributed by atoms with Crippen molar-refractivity contribution in [2.24, 2.45) is 0 Å². The van der Waals surface area contributed by atoms with Crippen LogP contribution in [0.3, 0.4) is 0 Å². The van der Waals surface area contributed by atoms with E-state index < -0.39 is 0 Å². The summed E-state index contributed by atoms with van der Waals surface area (Å²) in [6.07, 6.45) is 0. The van der Waals surface area contributed by atoms with E-state index >= 15 is 0 Å². The van der Waals surface area contributed by atoms with E-state index in [1.165, 1.54) is 11.4 Å². The zero-order valence-electron chi connectivity index (χ0n) is 11.8. The van der Waals surface area contributed by atoms with E-state index in [1.54, 1.807) is 0 Å². The number of benzene rings is 1. The number of fused-ring (bicyclic) bond motifs is 1. The minimum atomic E-state index is -0.171. The highest BCUT2D eigenvalue weighted by molar-refractivity contribution is 5.75. The van der Waals surface area contributed by atoms with Crippen LogP contribution in [0.5, 0.6) is 0 Å². The second kappa shape index (κ2) is 4.59. The first-order valence-corrected chi connectivity index (χ1v) is 6.68. The van der Waals surface area contributed by atoms with Crippen LogP contribution in [0.4, 0.5) is 0 Å². The quantitative estimate of drug-likeness (QED) is 0.685. The fourth-order valence-electron chi connectivity index (χ4n) is 2.46. The van der Waals surface area contributed by atoms with Gasteiger partial charge in [0, 0.05) is 11.4 Å². The van der Waals surface area contributed by atoms with Crippen molar-refractivity contribution in [3.05, 3.63) is 57.8 Å². The predicted octanol–water partition coefficient (Wildman–Crippen LogP) is 2.58. The van der Waals surface area contributed by atoms with Crippen molar-refractivity contribution < 1.29 is 0 Å². The fraction of sp³-hybridized carbons (Fsp3) is 0.267. The molecule has 0 aliphatic heterocycles. The number of rotatable bonds is 3. The zero-order valence-corrected chi connectivity index (χ0v) is 11.8. The topological polar surface area (TPSA) is 65.6 Å². The van der Waals surface area contributed by atoms with E-state index in [-0.39, 0.29) is 11.7 Å². The first-order chi connectivity index (χ1) is 9.54. The Morgan fingerprint density at radius 1 is 1.05 bits per heavy atom. The molecule has 0 aliphatic rings. The van der Waals surface area contributed by atoms with Gasteiger partial charge in [-0.25, -0.2) is 4.79 Å². The molecule has 2 heterocycles. The molecular formula is C15H18N4O. The molecule has 3 N–H and O–H groups in total. The molecule has 1 unspecified atom stereocenters. The van der Waals surface area contributed by atoms with Crippen molar-refractivity contribution in [1.82, 2.24) is 14.6 Å². The summed E-state index contributed by atoms with van der Waals surface area (Å²) in [5.41, 5.74) is 8.43. The van der Waals surface area contributed by atoms with Crippen LogP contribution in [-0.2, 0) is 0 Å². The molecule has 0 fully saturated rings. The van der Waals surface area contributed by atoms with E-state index in [0.717, 1.165) is 16.6 Å². The van der Waals surface area contributed by atoms with E-state index in [2.05, 4.69) is 53.0 Å². The Labute approximate surface area is 116 Å². The predicted molar refractivity (Wildman–Crippen MR) is 80.6 cm³/mol. The van der Waals surface area contributed by atoms with Crippen LogP contribution >= 0.6 is 0 Å². The molecule has 3 rings (SSSR count). The first kappa shape index (κ1) is 12.6. The highest BCUT2D eigenvalue weighted by Crippen LogP contribution is 2.19. The lowest BCUT2D eigenvalue weighted by atomic mass is 10.1. The summed E-state index contributed by atoms with van der Waals surface area (Å²) >= 11 is 0. The molecule has 0 saturated carbocycles. The number of aromatic amines is 2. The number of aryl methyl sites for hydroxylation is 2. The number of nitrogens with zero attached hydrogens (tertiary/aromatic N) is 1. The lowest BCUT2D eigenvalue weighted by Crippen LogP contribution is -2.20. The number of imidazole rings is 1. The summed E-state index contributed by atoms with van der Waals surface area (Å²) in [6, 6.07) is 10.3. The van der Waals surface area contributed by atoms with Gasteiger partial charge in [-0.15, -0.1) is 0 Å². The average molecular weight is 270 g/mol. The average Bonchev–Trinajstić information content (AvgIpc) is 2.93. The lowest BCUT2D eigenvalue weighted by molar-refractivity contribution is 0.700. The van der Waals surface area contributed by atoms with Crippen molar-refractivity contribution in [3.63, 3.8) is 0 Å². The molecule has 0 bridgehead atoms. The highest BCUT2D eigenvalue weighted by atomic mass is 16.1. The van der Waals surface area contributed by atoms with Crippen molar-refractivity contribution in [2.45, 2.75) is 26.8 Å². The molecule has 1 atom stereocenters. The van der Waals surface area contributed by atoms with Gasteiger partial charge < -0.3 is 15.4 Å². The Balaban J connectivity index is 1.92. The fourth-order valence-corrected chi connectivity index (χ4v) is 2.46. The smallest absolute Gasteiger partial charge is 0.319 e. The molecule has 20 heavy (non-hydrogen) atoms. The number of aromatic nitrogens is 3. The molecule has 3 aromatic rings. The number of H-pyrrole nitrogens is 2. The molecule has 5 heteroatoms. The summed E-state index contributed by atoms with van der Waals surface area (Å²) in [4.78, 5) is 16.8. The van der Waals surface area contributed by atoms with E-state index in [0.29, 0.717) is 0 Å². The van der Waals surface area contributed by atoms with Crippen molar-refractivity contribution in [1.29, 1.82) is 0 Å². The number of hydrogen-bond donors (Lipinski definition) is 3. The third-order valence-electron chi connectivity index (χ3n) is 3.63. The first-order valence-electron chi connectivity index (χ1n) is 6.68. The van der Waals surface area contributed by atoms with E-state index in [1.807, 2.05) is 18.2 Å². The van der Waals surface area contributed by atoms with Gasteiger partial charge in [-0.3, -0.25) is 4.68 Å². The number of hydrogen-bond acceptors (Lipinski definition) is 2. The van der Waals surface area contributed by atoms with Gasteiger partial charge in [0.1, 0.15) is 0 Å². The Morgan fingerprint density at radius 3 is 2.40 bits per heavy atom. The van der Waals surface area contributed by atoms with Crippen molar-refractivity contribution >= 4 is 11.0 Å². The maximum atomic E-state index is 11.3. The summed E-state index contributed by atoms with van der Waals surface area (Å²) in [5, 5.41) is 0. The molecule has 1 aromatic carbocycles. The highest BCUT2D eigenvalue weighted by Gasteiger charge is 2.09. The summed E-state index contributed by atoms with van der Waals surface area (Å²) in [7, 11) is 0. The normalized spacial score (nSPS) is 12.8. The molecule has 104 valence electrons. The van der Waals surface area contributed by atoms with E-state index in [4.69, 9.17) is 0 Å². The van der Waals surface area contributed by atoms with Crippen molar-refractivity contribution in [2.75, 3.05) is 5.43 Å². The lowest BCUT2D eigenvalue weighted by Gasteiger charge is -2.19. The van der Waals surface area contributed by atoms with Gasteiger partial charge in [0.2, 0.25) is 0 Å². The molecular weight excluding hydrogens is 252 g/mol. The monoisotopic (exact) mass is 270 g/mol. The van der Waals surface area contributed by atoms with Crippen LogP contribution in [0.1, 0.15) is 29.9 Å². The molecule has 0 spiro atoms. The van der Waals surface area contributed by atoms with Crippen LogP contribution in [-0.4, -0.2) is 14.6 Å². The summed E-state index contributed by atoms with van der Waals surface area (Å²) in [6.45, 7) is 6.24. The molecule has 5 nitrogen and oxygen atoms in total. The van der Waals surface area contributed by atoms with Crippen LogP contribution < -0.4 is 11.1 Å². The van der Waals surface area contributed by atoms with E-state index in [9.17, 15) is 4.79 Å². The van der Waals surface area contributed by atoms with Crippen LogP contribution in [0, 0.1) is 13.8 Å². The number of nitrogens with one attached hydrogen (secondary N) is 3. The molecule has 2 aromatic heterocycles. The van der Waals surface area contributed by atoms with Crippen LogP contribution in [0.15, 0.2) is 35.1 Å². The Morgan fingerprint density at radius 2 is 1.70 bits per heavy atom. The standard InChI is InChI=1S/C15H18N4O/c1-9-4-5-10(2)19(9)18-11(3)12-6-7-13-14(8-12)17-15(20)16-13/h4-8,11,18H,1-3H3,(H2,16,17,20). The molecule has 0 aliphatic carbocycles. The summed E-state index contributed by atoms with van der Waals surface area (Å²) in [5.74, 6) is 0. The molecule has 0 amide bonds. The third kappa shape index (κ3) is 2.11. The molecule has 0 radical (unpaired) electrons. The second-order valence-electron chi connectivity index (χ2n) is 5.19.